The summed E-state index contributed by atoms with van der Waals surface area (Å²) in [5.74, 6) is 0. The maximum Gasteiger partial charge on any atom is 0.289 e. The normalized spacial score (nSPS) is 30.4. The minimum Gasteiger partial charge on any atom is -0.330 e. The molecule has 2 aliphatic heterocycles. The number of piperazine rings is 1. The van der Waals surface area contributed by atoms with Crippen molar-refractivity contribution in [2.75, 3.05) is 26.2 Å². The van der Waals surface area contributed by atoms with Crippen molar-refractivity contribution in [3.05, 3.63) is 0 Å². The molecule has 0 bridgehead atoms. The zero-order valence-electron chi connectivity index (χ0n) is 7.00. The third-order valence-corrected chi connectivity index (χ3v) is 3.34. The first-order valence-electron chi connectivity index (χ1n) is 4.46. The van der Waals surface area contributed by atoms with E-state index in [1.165, 1.54) is 19.4 Å². The van der Waals surface area contributed by atoms with E-state index in [4.69, 9.17) is 0 Å². The van der Waals surface area contributed by atoms with E-state index in [0.717, 1.165) is 19.6 Å². The van der Waals surface area contributed by atoms with Crippen molar-refractivity contribution in [3.8, 4) is 0 Å². The maximum atomic E-state index is 11.0. The Bertz CT molecular complexity index is 197. The summed E-state index contributed by atoms with van der Waals surface area (Å²) in [6, 6.07) is 0.639. The molecular formula is C8H13BrN2O. The SMILES string of the molecule is O=C(Br)N1CCN2CCCC2C1. The number of carbonyl (C=O) groups excluding carboxylic acids is 1. The second-order valence-corrected chi connectivity index (χ2v) is 4.21. The minimum atomic E-state index is 0.0500. The van der Waals surface area contributed by atoms with Crippen molar-refractivity contribution < 1.29 is 4.79 Å². The van der Waals surface area contributed by atoms with Gasteiger partial charge in [-0.2, -0.15) is 0 Å². The summed E-state index contributed by atoms with van der Waals surface area (Å²) in [6.45, 7) is 4.10. The number of nitrogens with zero attached hydrogens (tertiary/aromatic N) is 2. The van der Waals surface area contributed by atoms with Crippen LogP contribution in [0.15, 0.2) is 0 Å². The van der Waals surface area contributed by atoms with E-state index >= 15 is 0 Å². The fraction of sp³-hybridized carbons (Fsp3) is 0.875. The molecule has 0 saturated carbocycles. The Hall–Kier alpha value is -0.0900. The van der Waals surface area contributed by atoms with Gasteiger partial charge < -0.3 is 4.90 Å². The molecule has 2 saturated heterocycles. The molecule has 0 aromatic carbocycles. The smallest absolute Gasteiger partial charge is 0.289 e. The Morgan fingerprint density at radius 1 is 1.33 bits per heavy atom. The first-order chi connectivity index (χ1) is 5.77. The average Bonchev–Trinajstić information content (AvgIpc) is 2.49. The van der Waals surface area contributed by atoms with Gasteiger partial charge in [0.2, 0.25) is 0 Å². The minimum absolute atomic E-state index is 0.0500. The molecule has 68 valence electrons. The van der Waals surface area contributed by atoms with Gasteiger partial charge >= 0.3 is 0 Å². The van der Waals surface area contributed by atoms with Crippen molar-refractivity contribution in [1.29, 1.82) is 0 Å². The van der Waals surface area contributed by atoms with Crippen molar-refractivity contribution in [1.82, 2.24) is 9.80 Å². The van der Waals surface area contributed by atoms with Crippen LogP contribution in [0.3, 0.4) is 0 Å². The van der Waals surface area contributed by atoms with Gasteiger partial charge in [-0.1, -0.05) is 0 Å². The first-order valence-corrected chi connectivity index (χ1v) is 5.25. The summed E-state index contributed by atoms with van der Waals surface area (Å²) in [7, 11) is 0. The van der Waals surface area contributed by atoms with Crippen LogP contribution in [0.4, 0.5) is 4.79 Å². The van der Waals surface area contributed by atoms with Crippen LogP contribution in [-0.4, -0.2) is 46.8 Å². The first kappa shape index (κ1) is 8.51. The fourth-order valence-electron chi connectivity index (χ4n) is 2.15. The molecule has 2 aliphatic rings. The zero-order chi connectivity index (χ0) is 8.55. The lowest BCUT2D eigenvalue weighted by atomic mass is 10.2. The molecule has 3 nitrogen and oxygen atoms in total. The summed E-state index contributed by atoms with van der Waals surface area (Å²) in [5.41, 5.74) is 0. The van der Waals surface area contributed by atoms with Crippen molar-refractivity contribution in [2.24, 2.45) is 0 Å². The Morgan fingerprint density at radius 2 is 2.17 bits per heavy atom. The van der Waals surface area contributed by atoms with Crippen LogP contribution >= 0.6 is 15.9 Å². The molecule has 0 aliphatic carbocycles. The standard InChI is InChI=1S/C8H13BrN2O/c9-8(12)11-5-4-10-3-1-2-7(10)6-11/h7H,1-6H2. The highest BCUT2D eigenvalue weighted by atomic mass is 79.9. The van der Waals surface area contributed by atoms with Crippen LogP contribution in [0.25, 0.3) is 0 Å². The molecule has 0 aromatic heterocycles. The van der Waals surface area contributed by atoms with Gasteiger partial charge in [-0.3, -0.25) is 9.69 Å². The van der Waals surface area contributed by atoms with Crippen LogP contribution in [0.1, 0.15) is 12.8 Å². The Morgan fingerprint density at radius 3 is 2.92 bits per heavy atom. The predicted molar refractivity (Wildman–Crippen MR) is 50.5 cm³/mol. The second kappa shape index (κ2) is 3.34. The molecule has 2 rings (SSSR count). The highest BCUT2D eigenvalue weighted by Crippen LogP contribution is 2.22. The fourth-order valence-corrected chi connectivity index (χ4v) is 2.47. The third-order valence-electron chi connectivity index (χ3n) is 2.84. The van der Waals surface area contributed by atoms with E-state index in [-0.39, 0.29) is 4.82 Å². The summed E-state index contributed by atoms with van der Waals surface area (Å²) in [5, 5.41) is 0. The van der Waals surface area contributed by atoms with Gasteiger partial charge in [-0.05, 0) is 19.4 Å². The third kappa shape index (κ3) is 1.50. The largest absolute Gasteiger partial charge is 0.330 e. The molecule has 0 radical (unpaired) electrons. The molecule has 4 heteroatoms. The van der Waals surface area contributed by atoms with E-state index in [1.807, 2.05) is 4.90 Å². The van der Waals surface area contributed by atoms with Gasteiger partial charge in [0.25, 0.3) is 4.82 Å². The zero-order valence-corrected chi connectivity index (χ0v) is 8.59. The molecule has 1 unspecified atom stereocenters. The molecule has 1 amide bonds. The van der Waals surface area contributed by atoms with Crippen LogP contribution in [-0.2, 0) is 0 Å². The highest BCUT2D eigenvalue weighted by molar-refractivity contribution is 9.18. The molecule has 0 N–H and O–H groups in total. The number of hydrogen-bond donors (Lipinski definition) is 0. The molecule has 12 heavy (non-hydrogen) atoms. The van der Waals surface area contributed by atoms with Gasteiger partial charge in [-0.25, -0.2) is 0 Å². The summed E-state index contributed by atoms with van der Waals surface area (Å²) >= 11 is 3.00. The lowest BCUT2D eigenvalue weighted by Crippen LogP contribution is -2.50. The molecule has 0 aromatic rings. The molecule has 0 spiro atoms. The van der Waals surface area contributed by atoms with Crippen molar-refractivity contribution >= 4 is 20.7 Å². The van der Waals surface area contributed by atoms with E-state index in [1.54, 1.807) is 0 Å². The van der Waals surface area contributed by atoms with Crippen LogP contribution in [0.5, 0.6) is 0 Å². The van der Waals surface area contributed by atoms with E-state index in [0.29, 0.717) is 6.04 Å². The summed E-state index contributed by atoms with van der Waals surface area (Å²) < 4.78 is 0. The van der Waals surface area contributed by atoms with Gasteiger partial charge in [0.1, 0.15) is 0 Å². The number of halogens is 1. The number of hydrogen-bond acceptors (Lipinski definition) is 2. The Labute approximate surface area is 80.8 Å². The van der Waals surface area contributed by atoms with Crippen LogP contribution in [0.2, 0.25) is 0 Å². The summed E-state index contributed by atoms with van der Waals surface area (Å²) in [4.78, 5) is 15.4. The maximum absolute atomic E-state index is 11.0. The highest BCUT2D eigenvalue weighted by Gasteiger charge is 2.31. The number of amides is 1. The van der Waals surface area contributed by atoms with Crippen molar-refractivity contribution in [2.45, 2.75) is 18.9 Å². The number of carbonyl (C=O) groups is 1. The second-order valence-electron chi connectivity index (χ2n) is 3.53. The summed E-state index contributed by atoms with van der Waals surface area (Å²) in [6.07, 6.45) is 2.56. The molecule has 2 heterocycles. The Kier molecular flexibility index (Phi) is 2.37. The van der Waals surface area contributed by atoms with Gasteiger partial charge in [0.15, 0.2) is 0 Å². The van der Waals surface area contributed by atoms with Crippen LogP contribution < -0.4 is 0 Å². The predicted octanol–water partition coefficient (Wildman–Crippen LogP) is 1.28. The van der Waals surface area contributed by atoms with Crippen LogP contribution in [0, 0.1) is 0 Å². The topological polar surface area (TPSA) is 23.6 Å². The monoisotopic (exact) mass is 232 g/mol. The average molecular weight is 233 g/mol. The quantitative estimate of drug-likeness (QED) is 0.464. The van der Waals surface area contributed by atoms with E-state index in [9.17, 15) is 4.79 Å². The number of rotatable bonds is 0. The Balaban J connectivity index is 1.96. The lowest BCUT2D eigenvalue weighted by molar-refractivity contribution is 0.130. The molecule has 2 fully saturated rings. The lowest BCUT2D eigenvalue weighted by Gasteiger charge is -2.36. The molecule has 1 atom stereocenters. The van der Waals surface area contributed by atoms with E-state index < -0.39 is 0 Å². The van der Waals surface area contributed by atoms with Crippen molar-refractivity contribution in [3.63, 3.8) is 0 Å². The number of fused-ring (bicyclic) bond motifs is 1. The van der Waals surface area contributed by atoms with E-state index in [2.05, 4.69) is 20.8 Å². The van der Waals surface area contributed by atoms with Gasteiger partial charge in [0, 0.05) is 41.6 Å². The molecular weight excluding hydrogens is 220 g/mol. The van der Waals surface area contributed by atoms with Gasteiger partial charge in [-0.15, -0.1) is 0 Å². The van der Waals surface area contributed by atoms with Gasteiger partial charge in [0.05, 0.1) is 0 Å².